The summed E-state index contributed by atoms with van der Waals surface area (Å²) in [5, 5.41) is 32.6. The van der Waals surface area contributed by atoms with Crippen molar-refractivity contribution in [3.05, 3.63) is 11.6 Å². The normalized spacial score (nSPS) is 57.8. The van der Waals surface area contributed by atoms with Crippen molar-refractivity contribution in [3.63, 3.8) is 0 Å². The van der Waals surface area contributed by atoms with Gasteiger partial charge >= 0.3 is 0 Å². The summed E-state index contributed by atoms with van der Waals surface area (Å²) in [4.78, 5) is 0. The van der Waals surface area contributed by atoms with Crippen LogP contribution in [0.2, 0.25) is 0 Å². The summed E-state index contributed by atoms with van der Waals surface area (Å²) in [5.41, 5.74) is 2.04. The molecule has 0 heterocycles. The first-order chi connectivity index (χ1) is 15.2. The quantitative estimate of drug-likeness (QED) is 0.415. The van der Waals surface area contributed by atoms with Gasteiger partial charge in [-0.05, 0) is 97.2 Å². The second kappa shape index (κ2) is 7.10. The van der Waals surface area contributed by atoms with E-state index < -0.39 is 6.10 Å². The number of rotatable bonds is 1. The lowest BCUT2D eigenvalue weighted by Crippen LogP contribution is -2.66. The van der Waals surface area contributed by atoms with Gasteiger partial charge < -0.3 is 15.3 Å². The zero-order valence-corrected chi connectivity index (χ0v) is 22.4. The molecule has 0 aromatic rings. The van der Waals surface area contributed by atoms with E-state index in [0.717, 1.165) is 38.5 Å². The number of aliphatic hydroxyl groups is 3. The Kier molecular flexibility index (Phi) is 5.23. The zero-order valence-electron chi connectivity index (χ0n) is 22.4. The minimum absolute atomic E-state index is 0.00950. The summed E-state index contributed by atoms with van der Waals surface area (Å²) in [6.45, 7) is 17.0. The monoisotopic (exact) mass is 458 g/mol. The number of hydrogen-bond donors (Lipinski definition) is 3. The fraction of sp³-hybridized carbons (Fsp3) is 0.933. The molecule has 0 aromatic heterocycles. The van der Waals surface area contributed by atoms with Gasteiger partial charge in [0, 0.05) is 10.8 Å². The SMILES string of the molecule is CC1(C)CC2C3=CCC4[C@@]5(C)CC[C@H](O)[C@](C)(CO)[C@@H]5CC[C@@]4(C)[C@]3(C)CC[C@@]2(C)[C@H](O)C1. The molecule has 4 saturated carbocycles. The van der Waals surface area contributed by atoms with Crippen LogP contribution in [0.3, 0.4) is 0 Å². The molecule has 0 aromatic carbocycles. The van der Waals surface area contributed by atoms with Crippen molar-refractivity contribution in [1.29, 1.82) is 0 Å². The Morgan fingerprint density at radius 2 is 1.48 bits per heavy atom. The molecule has 3 N–H and O–H groups in total. The molecule has 0 aliphatic heterocycles. The second-order valence-electron chi connectivity index (χ2n) is 15.2. The molecule has 0 radical (unpaired) electrons. The molecule has 0 saturated heterocycles. The Bertz CT molecular complexity index is 847. The van der Waals surface area contributed by atoms with Gasteiger partial charge in [-0.15, -0.1) is 0 Å². The molecule has 4 fully saturated rings. The predicted molar refractivity (Wildman–Crippen MR) is 134 cm³/mol. The number of fused-ring (bicyclic) bond motifs is 7. The molecule has 33 heavy (non-hydrogen) atoms. The van der Waals surface area contributed by atoms with E-state index in [9.17, 15) is 15.3 Å². The van der Waals surface area contributed by atoms with E-state index in [1.165, 1.54) is 19.3 Å². The Labute approximate surface area is 202 Å². The molecule has 5 aliphatic carbocycles. The molecule has 10 atom stereocenters. The highest BCUT2D eigenvalue weighted by molar-refractivity contribution is 5.34. The third-order valence-electron chi connectivity index (χ3n) is 13.2. The average Bonchev–Trinajstić information content (AvgIpc) is 2.73. The Balaban J connectivity index is 1.58. The van der Waals surface area contributed by atoms with Gasteiger partial charge in [0.15, 0.2) is 0 Å². The Morgan fingerprint density at radius 1 is 0.788 bits per heavy atom. The van der Waals surface area contributed by atoms with Crippen LogP contribution in [0.4, 0.5) is 0 Å². The molecule has 188 valence electrons. The lowest BCUT2D eigenvalue weighted by Gasteiger charge is -2.71. The standard InChI is InChI=1S/C30H50O3/c1-25(2)16-20-19-8-9-22-27(4)12-11-23(32)28(5,18-31)21(27)10-13-30(22,7)29(19,6)15-14-26(20,3)24(33)17-25/h8,20-24,31-33H,9-18H2,1-7H3/t20?,21-,22?,23+,24-,26-,27+,28-,29-,30-/m1/s1. The van der Waals surface area contributed by atoms with Gasteiger partial charge in [0.1, 0.15) is 0 Å². The zero-order chi connectivity index (χ0) is 24.2. The van der Waals surface area contributed by atoms with Crippen LogP contribution in [0.1, 0.15) is 106 Å². The molecule has 3 heteroatoms. The Morgan fingerprint density at radius 3 is 2.15 bits per heavy atom. The highest BCUT2D eigenvalue weighted by atomic mass is 16.3. The van der Waals surface area contributed by atoms with Gasteiger partial charge in [0.05, 0.1) is 18.8 Å². The first kappa shape index (κ1) is 24.3. The van der Waals surface area contributed by atoms with E-state index in [-0.39, 0.29) is 45.2 Å². The van der Waals surface area contributed by atoms with Crippen LogP contribution in [-0.2, 0) is 0 Å². The van der Waals surface area contributed by atoms with Crippen molar-refractivity contribution in [1.82, 2.24) is 0 Å². The van der Waals surface area contributed by atoms with E-state index >= 15 is 0 Å². The fourth-order valence-electron chi connectivity index (χ4n) is 10.7. The Hall–Kier alpha value is -0.380. The van der Waals surface area contributed by atoms with Crippen molar-refractivity contribution in [2.75, 3.05) is 6.61 Å². The van der Waals surface area contributed by atoms with Crippen molar-refractivity contribution < 1.29 is 15.3 Å². The number of aliphatic hydroxyl groups excluding tert-OH is 3. The highest BCUT2D eigenvalue weighted by Crippen LogP contribution is 2.75. The van der Waals surface area contributed by atoms with Crippen LogP contribution < -0.4 is 0 Å². The number of hydrogen-bond acceptors (Lipinski definition) is 3. The van der Waals surface area contributed by atoms with E-state index in [0.29, 0.717) is 17.8 Å². The summed E-state index contributed by atoms with van der Waals surface area (Å²) in [6, 6.07) is 0. The van der Waals surface area contributed by atoms with Crippen LogP contribution in [0.25, 0.3) is 0 Å². The molecule has 5 aliphatic rings. The van der Waals surface area contributed by atoms with Gasteiger partial charge in [-0.3, -0.25) is 0 Å². The molecule has 0 bridgehead atoms. The van der Waals surface area contributed by atoms with Crippen LogP contribution in [-0.4, -0.2) is 34.1 Å². The van der Waals surface area contributed by atoms with E-state index in [2.05, 4.69) is 54.5 Å². The molecule has 0 amide bonds. The fourth-order valence-corrected chi connectivity index (χ4v) is 10.7. The van der Waals surface area contributed by atoms with Crippen molar-refractivity contribution in [3.8, 4) is 0 Å². The maximum Gasteiger partial charge on any atom is 0.0618 e. The summed E-state index contributed by atoms with van der Waals surface area (Å²) < 4.78 is 0. The van der Waals surface area contributed by atoms with Gasteiger partial charge in [-0.2, -0.15) is 0 Å². The summed E-state index contributed by atoms with van der Waals surface area (Å²) >= 11 is 0. The maximum absolute atomic E-state index is 11.3. The van der Waals surface area contributed by atoms with Crippen LogP contribution >= 0.6 is 0 Å². The lowest BCUT2D eigenvalue weighted by molar-refractivity contribution is -0.218. The predicted octanol–water partition coefficient (Wildman–Crippen LogP) is 6.11. The van der Waals surface area contributed by atoms with Gasteiger partial charge in [-0.25, -0.2) is 0 Å². The maximum atomic E-state index is 11.3. The topological polar surface area (TPSA) is 60.7 Å². The summed E-state index contributed by atoms with van der Waals surface area (Å²) in [6.07, 6.45) is 11.7. The van der Waals surface area contributed by atoms with Crippen molar-refractivity contribution >= 4 is 0 Å². The summed E-state index contributed by atoms with van der Waals surface area (Å²) in [5.74, 6) is 1.44. The van der Waals surface area contributed by atoms with E-state index in [1.54, 1.807) is 5.57 Å². The first-order valence-corrected chi connectivity index (χ1v) is 13.9. The largest absolute Gasteiger partial charge is 0.396 e. The van der Waals surface area contributed by atoms with Gasteiger partial charge in [-0.1, -0.05) is 60.1 Å². The van der Waals surface area contributed by atoms with E-state index in [4.69, 9.17) is 0 Å². The molecule has 0 spiro atoms. The molecule has 5 rings (SSSR count). The van der Waals surface area contributed by atoms with Gasteiger partial charge in [0.25, 0.3) is 0 Å². The third-order valence-corrected chi connectivity index (χ3v) is 13.2. The molecular weight excluding hydrogens is 408 g/mol. The van der Waals surface area contributed by atoms with Gasteiger partial charge in [0.2, 0.25) is 0 Å². The smallest absolute Gasteiger partial charge is 0.0618 e. The van der Waals surface area contributed by atoms with E-state index in [1.807, 2.05) is 0 Å². The van der Waals surface area contributed by atoms with Crippen LogP contribution in [0.15, 0.2) is 11.6 Å². The molecule has 3 nitrogen and oxygen atoms in total. The highest BCUT2D eigenvalue weighted by Gasteiger charge is 2.69. The second-order valence-corrected chi connectivity index (χ2v) is 15.2. The molecule has 2 unspecified atom stereocenters. The lowest BCUT2D eigenvalue weighted by atomic mass is 9.33. The third kappa shape index (κ3) is 2.91. The van der Waals surface area contributed by atoms with Crippen LogP contribution in [0, 0.1) is 50.2 Å². The minimum atomic E-state index is -0.392. The summed E-state index contributed by atoms with van der Waals surface area (Å²) in [7, 11) is 0. The minimum Gasteiger partial charge on any atom is -0.396 e. The van der Waals surface area contributed by atoms with Crippen molar-refractivity contribution in [2.24, 2.45) is 50.2 Å². The van der Waals surface area contributed by atoms with Crippen LogP contribution in [0.5, 0.6) is 0 Å². The van der Waals surface area contributed by atoms with Crippen molar-refractivity contribution in [2.45, 2.75) is 118 Å². The first-order valence-electron chi connectivity index (χ1n) is 13.9. The number of allylic oxidation sites excluding steroid dienone is 2. The molecular formula is C30H50O3. The average molecular weight is 459 g/mol.